The predicted molar refractivity (Wildman–Crippen MR) is 148 cm³/mol. The van der Waals surface area contributed by atoms with Gasteiger partial charge in [-0.15, -0.1) is 0 Å². The molecule has 1 fully saturated rings. The van der Waals surface area contributed by atoms with Gasteiger partial charge in [0.25, 0.3) is 10.0 Å². The highest BCUT2D eigenvalue weighted by Crippen LogP contribution is 2.29. The van der Waals surface area contributed by atoms with E-state index in [0.717, 1.165) is 40.4 Å². The largest absolute Gasteiger partial charge is 0.494 e. The van der Waals surface area contributed by atoms with Gasteiger partial charge in [-0.25, -0.2) is 9.97 Å². The zero-order valence-electron chi connectivity index (χ0n) is 22.4. The molecule has 1 saturated carbocycles. The van der Waals surface area contributed by atoms with E-state index in [0.29, 0.717) is 12.3 Å². The molecule has 0 aliphatic heterocycles. The van der Waals surface area contributed by atoms with E-state index in [-0.39, 0.29) is 5.03 Å². The molecule has 0 radical (unpaired) electrons. The van der Waals surface area contributed by atoms with E-state index in [1.54, 1.807) is 13.2 Å². The van der Waals surface area contributed by atoms with Crippen LogP contribution < -0.4 is 9.04 Å². The maximum atomic E-state index is 13.0. The number of anilines is 1. The Hall–Kier alpha value is -3.33. The molecule has 0 saturated heterocycles. The number of hydrogen-bond donors (Lipinski definition) is 0. The van der Waals surface area contributed by atoms with Gasteiger partial charge in [0.15, 0.2) is 5.03 Å². The summed E-state index contributed by atoms with van der Waals surface area (Å²) in [6.45, 7) is 4.88. The highest BCUT2D eigenvalue weighted by atomic mass is 32.2. The van der Waals surface area contributed by atoms with Gasteiger partial charge in [-0.2, -0.15) is 8.42 Å². The summed E-state index contributed by atoms with van der Waals surface area (Å²) >= 11 is 0. The molecule has 4 aromatic rings. The van der Waals surface area contributed by atoms with E-state index >= 15 is 0 Å². The first-order valence-electron chi connectivity index (χ1n) is 12.9. The fourth-order valence-electron chi connectivity index (χ4n) is 4.46. The lowest BCUT2D eigenvalue weighted by Gasteiger charge is -2.22. The molecule has 5 rings (SSSR count). The zero-order chi connectivity index (χ0) is 26.6. The molecule has 3 heterocycles. The van der Waals surface area contributed by atoms with Crippen molar-refractivity contribution in [1.82, 2.24) is 19.1 Å². The van der Waals surface area contributed by atoms with Crippen LogP contribution in [-0.4, -0.2) is 41.2 Å². The number of aryl methyl sites for hydroxylation is 2. The molecule has 0 N–H and O–H groups in total. The smallest absolute Gasteiger partial charge is 0.281 e. The van der Waals surface area contributed by atoms with Crippen LogP contribution in [0, 0.1) is 5.92 Å². The molecule has 37 heavy (non-hydrogen) atoms. The van der Waals surface area contributed by atoms with Crippen LogP contribution in [0.15, 0.2) is 60.1 Å². The number of fused-ring (bicyclic) bond motifs is 1. The maximum Gasteiger partial charge on any atom is 0.281 e. The Labute approximate surface area is 220 Å². The van der Waals surface area contributed by atoms with Gasteiger partial charge in [0.1, 0.15) is 11.4 Å². The number of pyridine rings is 1. The molecular formula is C28H37N5O3S. The standard InChI is InChI=1S/C22H25N5O3S.C6H12/c1-5-30-20-8-6-16(7-9-20)10-18-11-17-12-19(13-24-22(17)26(18)3)27(4)31(28,29)21-14-23-15-25(21)2;1-2-6-4-3-5-6/h6-9,11-15H,5,10H2,1-4H3;6H,2-5H2,1H3. The van der Waals surface area contributed by atoms with E-state index in [1.807, 2.05) is 42.8 Å². The number of imidazole rings is 1. The average Bonchev–Trinajstić information content (AvgIpc) is 3.43. The van der Waals surface area contributed by atoms with E-state index in [1.165, 1.54) is 54.1 Å². The molecule has 0 unspecified atom stereocenters. The van der Waals surface area contributed by atoms with Gasteiger partial charge in [-0.1, -0.05) is 44.7 Å². The SMILES string of the molecule is CCC1CCC1.CCOc1ccc(Cc2cc3cc(N(C)S(=O)(=O)c4cncn4C)cnc3n2C)cc1. The average molecular weight is 524 g/mol. The Kier molecular flexibility index (Phi) is 8.22. The summed E-state index contributed by atoms with van der Waals surface area (Å²) < 4.78 is 36.2. The number of hydrogen-bond acceptors (Lipinski definition) is 5. The molecule has 0 atom stereocenters. The van der Waals surface area contributed by atoms with Crippen LogP contribution in [0.2, 0.25) is 0 Å². The van der Waals surface area contributed by atoms with Crippen molar-refractivity contribution in [3.8, 4) is 5.75 Å². The summed E-state index contributed by atoms with van der Waals surface area (Å²) in [6.07, 6.45) is 11.1. The van der Waals surface area contributed by atoms with Crippen molar-refractivity contribution in [2.24, 2.45) is 20.0 Å². The van der Waals surface area contributed by atoms with Crippen molar-refractivity contribution in [3.05, 3.63) is 66.4 Å². The minimum absolute atomic E-state index is 0.124. The van der Waals surface area contributed by atoms with Crippen LogP contribution in [0.4, 0.5) is 5.69 Å². The molecule has 8 nitrogen and oxygen atoms in total. The van der Waals surface area contributed by atoms with E-state index in [4.69, 9.17) is 4.74 Å². The van der Waals surface area contributed by atoms with E-state index in [9.17, 15) is 8.42 Å². The van der Waals surface area contributed by atoms with Crippen molar-refractivity contribution in [2.75, 3.05) is 18.0 Å². The molecule has 3 aromatic heterocycles. The zero-order valence-corrected chi connectivity index (χ0v) is 23.2. The monoisotopic (exact) mass is 523 g/mol. The molecule has 9 heteroatoms. The highest BCUT2D eigenvalue weighted by molar-refractivity contribution is 7.92. The van der Waals surface area contributed by atoms with Crippen molar-refractivity contribution in [3.63, 3.8) is 0 Å². The van der Waals surface area contributed by atoms with Crippen LogP contribution in [0.25, 0.3) is 11.0 Å². The second-order valence-electron chi connectivity index (χ2n) is 9.58. The Bertz CT molecular complexity index is 1430. The third-order valence-electron chi connectivity index (χ3n) is 7.13. The Morgan fingerprint density at radius 1 is 1.08 bits per heavy atom. The van der Waals surface area contributed by atoms with Gasteiger partial charge in [0.05, 0.1) is 31.0 Å². The number of sulfonamides is 1. The lowest BCUT2D eigenvalue weighted by atomic mass is 9.84. The molecule has 0 bridgehead atoms. The number of ether oxygens (including phenoxy) is 1. The molecular weight excluding hydrogens is 486 g/mol. The second-order valence-corrected chi connectivity index (χ2v) is 11.5. The van der Waals surface area contributed by atoms with Crippen molar-refractivity contribution in [1.29, 1.82) is 0 Å². The molecule has 0 amide bonds. The molecule has 0 spiro atoms. The normalized spacial score (nSPS) is 13.6. The van der Waals surface area contributed by atoms with Gasteiger partial charge in [-0.05, 0) is 42.7 Å². The molecule has 1 aromatic carbocycles. The van der Waals surface area contributed by atoms with Gasteiger partial charge in [0.2, 0.25) is 0 Å². The number of rotatable bonds is 8. The fraction of sp³-hybridized carbons (Fsp3) is 0.429. The second kappa shape index (κ2) is 11.4. The van der Waals surface area contributed by atoms with E-state index < -0.39 is 10.0 Å². The third kappa shape index (κ3) is 5.82. The Morgan fingerprint density at radius 2 is 1.81 bits per heavy atom. The number of nitrogens with zero attached hydrogens (tertiary/aromatic N) is 5. The molecule has 1 aliphatic carbocycles. The number of benzene rings is 1. The summed E-state index contributed by atoms with van der Waals surface area (Å²) in [7, 11) is 1.41. The topological polar surface area (TPSA) is 82.2 Å². The quantitative estimate of drug-likeness (QED) is 0.312. The summed E-state index contributed by atoms with van der Waals surface area (Å²) in [6, 6.07) is 11.9. The van der Waals surface area contributed by atoms with Gasteiger partial charge >= 0.3 is 0 Å². The summed E-state index contributed by atoms with van der Waals surface area (Å²) in [5.74, 6) is 1.97. The summed E-state index contributed by atoms with van der Waals surface area (Å²) in [5, 5.41) is 1.01. The Balaban J connectivity index is 0.000000469. The minimum Gasteiger partial charge on any atom is -0.494 e. The predicted octanol–water partition coefficient (Wildman–Crippen LogP) is 5.32. The first-order valence-corrected chi connectivity index (χ1v) is 14.3. The minimum atomic E-state index is -3.73. The van der Waals surface area contributed by atoms with Crippen LogP contribution >= 0.6 is 0 Å². The number of aromatic nitrogens is 4. The summed E-state index contributed by atoms with van der Waals surface area (Å²) in [5.41, 5.74) is 3.54. The van der Waals surface area contributed by atoms with Crippen molar-refractivity contribution < 1.29 is 13.2 Å². The fourth-order valence-corrected chi connectivity index (χ4v) is 5.72. The van der Waals surface area contributed by atoms with Crippen molar-refractivity contribution >= 4 is 26.7 Å². The third-order valence-corrected chi connectivity index (χ3v) is 8.99. The lowest BCUT2D eigenvalue weighted by molar-refractivity contribution is 0.307. The van der Waals surface area contributed by atoms with Crippen molar-refractivity contribution in [2.45, 2.75) is 51.0 Å². The van der Waals surface area contributed by atoms with Crippen LogP contribution in [-0.2, 0) is 30.5 Å². The Morgan fingerprint density at radius 3 is 2.35 bits per heavy atom. The lowest BCUT2D eigenvalue weighted by Crippen LogP contribution is -2.28. The van der Waals surface area contributed by atoms with Crippen LogP contribution in [0.5, 0.6) is 5.75 Å². The maximum absolute atomic E-state index is 13.0. The van der Waals surface area contributed by atoms with E-state index in [2.05, 4.69) is 29.0 Å². The summed E-state index contributed by atoms with van der Waals surface area (Å²) in [4.78, 5) is 8.45. The van der Waals surface area contributed by atoms with Gasteiger partial charge < -0.3 is 13.9 Å². The van der Waals surface area contributed by atoms with Gasteiger partial charge in [-0.3, -0.25) is 4.31 Å². The first kappa shape index (κ1) is 26.7. The first-order chi connectivity index (χ1) is 17.7. The van der Waals surface area contributed by atoms with Crippen LogP contribution in [0.3, 0.4) is 0 Å². The van der Waals surface area contributed by atoms with Gasteiger partial charge in [0, 0.05) is 38.6 Å². The molecule has 1 aliphatic rings. The highest BCUT2D eigenvalue weighted by Gasteiger charge is 2.25. The molecule has 198 valence electrons. The van der Waals surface area contributed by atoms with Crippen LogP contribution in [0.1, 0.15) is 50.8 Å².